The summed E-state index contributed by atoms with van der Waals surface area (Å²) in [4.78, 5) is 6.98. The number of hydrogen-bond donors (Lipinski definition) is 1. The van der Waals surface area contributed by atoms with Crippen molar-refractivity contribution in [1.29, 1.82) is 0 Å². The first-order chi connectivity index (χ1) is 9.81. The van der Waals surface area contributed by atoms with Crippen molar-refractivity contribution < 1.29 is 13.2 Å². The Labute approximate surface area is 124 Å². The van der Waals surface area contributed by atoms with Gasteiger partial charge in [0.2, 0.25) is 5.82 Å². The molecule has 114 valence electrons. The van der Waals surface area contributed by atoms with Gasteiger partial charge in [0, 0.05) is 12.6 Å². The average Bonchev–Trinajstić information content (AvgIpc) is 2.75. The highest BCUT2D eigenvalue weighted by atomic mass is 35.5. The molecule has 0 aromatic carbocycles. The second-order valence-electron chi connectivity index (χ2n) is 4.37. The molecular weight excluding hydrogens is 307 g/mol. The van der Waals surface area contributed by atoms with Crippen LogP contribution in [0.25, 0.3) is 5.82 Å². The van der Waals surface area contributed by atoms with Gasteiger partial charge in [0.05, 0.1) is 16.9 Å². The van der Waals surface area contributed by atoms with Gasteiger partial charge in [0.1, 0.15) is 5.82 Å². The first-order valence-electron chi connectivity index (χ1n) is 6.23. The van der Waals surface area contributed by atoms with Crippen molar-refractivity contribution in [2.24, 2.45) is 0 Å². The number of hydrogen-bond acceptors (Lipinski definition) is 4. The summed E-state index contributed by atoms with van der Waals surface area (Å²) in [6.45, 7) is 4.06. The summed E-state index contributed by atoms with van der Waals surface area (Å²) in [5.41, 5.74) is 0.506. The summed E-state index contributed by atoms with van der Waals surface area (Å²) >= 11 is 5.87. The highest BCUT2D eigenvalue weighted by molar-refractivity contribution is 6.31. The van der Waals surface area contributed by atoms with Gasteiger partial charge in [-0.1, -0.05) is 18.5 Å². The van der Waals surface area contributed by atoms with Crippen LogP contribution in [0.5, 0.6) is 0 Å². The number of aryl methyl sites for hydroxylation is 1. The number of aromatic nitrogens is 4. The van der Waals surface area contributed by atoms with Crippen LogP contribution in [0.15, 0.2) is 12.3 Å². The van der Waals surface area contributed by atoms with E-state index in [1.165, 1.54) is 16.9 Å². The maximum absolute atomic E-state index is 12.9. The van der Waals surface area contributed by atoms with E-state index in [9.17, 15) is 13.2 Å². The summed E-state index contributed by atoms with van der Waals surface area (Å²) < 4.78 is 39.8. The maximum atomic E-state index is 12.9. The van der Waals surface area contributed by atoms with Gasteiger partial charge < -0.3 is 5.32 Å². The standard InChI is InChI=1S/C12H13ClF3N5/c1-3-4-17-9-5-10(19-11(18-9)12(14,15)16)21-6-8(13)7(2)20-21/h5-6H,3-4H2,1-2H3,(H,17,18,19). The lowest BCUT2D eigenvalue weighted by molar-refractivity contribution is -0.144. The summed E-state index contributed by atoms with van der Waals surface area (Å²) in [7, 11) is 0. The van der Waals surface area contributed by atoms with Crippen molar-refractivity contribution in [3.8, 4) is 5.82 Å². The van der Waals surface area contributed by atoms with E-state index in [2.05, 4.69) is 20.4 Å². The number of anilines is 1. The lowest BCUT2D eigenvalue weighted by Gasteiger charge is -2.11. The monoisotopic (exact) mass is 319 g/mol. The van der Waals surface area contributed by atoms with E-state index in [0.29, 0.717) is 17.3 Å². The molecule has 2 aromatic heterocycles. The van der Waals surface area contributed by atoms with Crippen molar-refractivity contribution >= 4 is 17.4 Å². The highest BCUT2D eigenvalue weighted by Crippen LogP contribution is 2.28. The van der Waals surface area contributed by atoms with Crippen molar-refractivity contribution in [3.63, 3.8) is 0 Å². The van der Waals surface area contributed by atoms with Gasteiger partial charge >= 0.3 is 6.18 Å². The Morgan fingerprint density at radius 3 is 2.57 bits per heavy atom. The van der Waals surface area contributed by atoms with Crippen LogP contribution in [-0.2, 0) is 6.18 Å². The van der Waals surface area contributed by atoms with Gasteiger partial charge in [0.25, 0.3) is 0 Å². The molecule has 2 heterocycles. The van der Waals surface area contributed by atoms with Crippen LogP contribution in [0.2, 0.25) is 5.02 Å². The highest BCUT2D eigenvalue weighted by Gasteiger charge is 2.35. The van der Waals surface area contributed by atoms with Gasteiger partial charge in [-0.25, -0.2) is 14.6 Å². The van der Waals surface area contributed by atoms with E-state index in [4.69, 9.17) is 11.6 Å². The summed E-state index contributed by atoms with van der Waals surface area (Å²) in [6.07, 6.45) is -2.47. The number of halogens is 4. The Kier molecular flexibility index (Phi) is 4.36. The minimum Gasteiger partial charge on any atom is -0.370 e. The molecule has 0 fully saturated rings. The van der Waals surface area contributed by atoms with Crippen molar-refractivity contribution in [2.75, 3.05) is 11.9 Å². The molecule has 0 aliphatic carbocycles. The van der Waals surface area contributed by atoms with Crippen LogP contribution in [-0.4, -0.2) is 26.3 Å². The SMILES string of the molecule is CCCNc1cc(-n2cc(Cl)c(C)n2)nc(C(F)(F)F)n1. The molecule has 0 spiro atoms. The van der Waals surface area contributed by atoms with E-state index in [1.54, 1.807) is 6.92 Å². The molecule has 21 heavy (non-hydrogen) atoms. The third-order valence-corrected chi connectivity index (χ3v) is 2.97. The van der Waals surface area contributed by atoms with Crippen LogP contribution < -0.4 is 5.32 Å². The Morgan fingerprint density at radius 2 is 2.05 bits per heavy atom. The lowest BCUT2D eigenvalue weighted by Crippen LogP contribution is -2.16. The van der Waals surface area contributed by atoms with Gasteiger partial charge in [-0.15, -0.1) is 0 Å². The molecule has 0 aliphatic rings. The largest absolute Gasteiger partial charge is 0.451 e. The molecule has 0 amide bonds. The normalized spacial score (nSPS) is 11.7. The molecule has 0 bridgehead atoms. The van der Waals surface area contributed by atoms with Crippen molar-refractivity contribution in [3.05, 3.63) is 28.8 Å². The smallest absolute Gasteiger partial charge is 0.370 e. The maximum Gasteiger partial charge on any atom is 0.451 e. The minimum atomic E-state index is -4.63. The lowest BCUT2D eigenvalue weighted by atomic mass is 10.4. The average molecular weight is 320 g/mol. The molecule has 2 aromatic rings. The quantitative estimate of drug-likeness (QED) is 0.937. The second kappa shape index (κ2) is 5.88. The molecule has 0 radical (unpaired) electrons. The fraction of sp³-hybridized carbons (Fsp3) is 0.417. The molecule has 2 rings (SSSR count). The van der Waals surface area contributed by atoms with Gasteiger partial charge in [-0.2, -0.15) is 18.3 Å². The van der Waals surface area contributed by atoms with E-state index in [1.807, 2.05) is 6.92 Å². The molecule has 1 N–H and O–H groups in total. The molecule has 0 aliphatic heterocycles. The Bertz CT molecular complexity index is 619. The molecule has 9 heteroatoms. The molecule has 0 atom stereocenters. The first-order valence-corrected chi connectivity index (χ1v) is 6.61. The van der Waals surface area contributed by atoms with Gasteiger partial charge in [-0.3, -0.25) is 0 Å². The Balaban J connectivity index is 2.48. The zero-order valence-corrected chi connectivity index (χ0v) is 12.1. The number of nitrogens with zero attached hydrogens (tertiary/aromatic N) is 4. The number of alkyl halides is 3. The van der Waals surface area contributed by atoms with E-state index >= 15 is 0 Å². The van der Waals surface area contributed by atoms with Crippen molar-refractivity contribution in [1.82, 2.24) is 19.7 Å². The Morgan fingerprint density at radius 1 is 1.33 bits per heavy atom. The molecule has 0 saturated carbocycles. The fourth-order valence-corrected chi connectivity index (χ4v) is 1.71. The van der Waals surface area contributed by atoms with Crippen LogP contribution in [0.1, 0.15) is 24.9 Å². The number of rotatable bonds is 4. The molecule has 5 nitrogen and oxygen atoms in total. The summed E-state index contributed by atoms with van der Waals surface area (Å²) in [5.74, 6) is -1.12. The topological polar surface area (TPSA) is 55.6 Å². The first kappa shape index (κ1) is 15.6. The van der Waals surface area contributed by atoms with E-state index < -0.39 is 12.0 Å². The predicted octanol–water partition coefficient (Wildman–Crippen LogP) is 3.46. The van der Waals surface area contributed by atoms with Gasteiger partial charge in [0.15, 0.2) is 5.82 Å². The third-order valence-electron chi connectivity index (χ3n) is 2.60. The van der Waals surface area contributed by atoms with E-state index in [-0.39, 0.29) is 11.6 Å². The predicted molar refractivity (Wildman–Crippen MR) is 72.7 cm³/mol. The summed E-state index contributed by atoms with van der Waals surface area (Å²) in [5, 5.41) is 7.19. The zero-order valence-electron chi connectivity index (χ0n) is 11.4. The van der Waals surface area contributed by atoms with Gasteiger partial charge in [-0.05, 0) is 13.3 Å². The molecule has 0 saturated heterocycles. The van der Waals surface area contributed by atoms with Crippen molar-refractivity contribution in [2.45, 2.75) is 26.4 Å². The third kappa shape index (κ3) is 3.63. The molecular formula is C12H13ClF3N5. The zero-order chi connectivity index (χ0) is 15.6. The van der Waals surface area contributed by atoms with Crippen LogP contribution in [0.4, 0.5) is 19.0 Å². The van der Waals surface area contributed by atoms with Crippen LogP contribution >= 0.6 is 11.6 Å². The van der Waals surface area contributed by atoms with Crippen LogP contribution in [0.3, 0.4) is 0 Å². The minimum absolute atomic E-state index is 0.00549. The van der Waals surface area contributed by atoms with E-state index in [0.717, 1.165) is 6.42 Å². The second-order valence-corrected chi connectivity index (χ2v) is 4.77. The number of nitrogens with one attached hydrogen (secondary N) is 1. The Hall–Kier alpha value is -1.83. The molecule has 0 unspecified atom stereocenters. The van der Waals surface area contributed by atoms with Crippen LogP contribution in [0, 0.1) is 6.92 Å². The summed E-state index contributed by atoms with van der Waals surface area (Å²) in [6, 6.07) is 1.40. The fourth-order valence-electron chi connectivity index (χ4n) is 1.58.